The molecule has 0 aliphatic carbocycles. The molecule has 0 amide bonds. The zero-order valence-electron chi connectivity index (χ0n) is 10.4. The first-order chi connectivity index (χ1) is 8.65. The maximum absolute atomic E-state index is 11.2. The van der Waals surface area contributed by atoms with Gasteiger partial charge in [0.05, 0.1) is 17.6 Å². The highest BCUT2D eigenvalue weighted by molar-refractivity contribution is 5.62. The summed E-state index contributed by atoms with van der Waals surface area (Å²) < 4.78 is 0. The van der Waals surface area contributed by atoms with Crippen LogP contribution in [0.3, 0.4) is 0 Å². The molecule has 98 valence electrons. The highest BCUT2D eigenvalue weighted by atomic mass is 16.6. The quantitative estimate of drug-likeness (QED) is 0.652. The van der Waals surface area contributed by atoms with Gasteiger partial charge in [-0.25, -0.2) is 4.98 Å². The van der Waals surface area contributed by atoms with Crippen LogP contribution >= 0.6 is 0 Å². The van der Waals surface area contributed by atoms with E-state index in [9.17, 15) is 15.2 Å². The Morgan fingerprint density at radius 3 is 3.06 bits per heavy atom. The number of aromatic nitrogens is 1. The summed E-state index contributed by atoms with van der Waals surface area (Å²) in [5, 5.41) is 20.5. The Morgan fingerprint density at radius 2 is 2.39 bits per heavy atom. The molecule has 0 bridgehead atoms. The molecule has 0 aromatic carbocycles. The van der Waals surface area contributed by atoms with Crippen LogP contribution in [0.25, 0.3) is 0 Å². The van der Waals surface area contributed by atoms with Gasteiger partial charge in [0.15, 0.2) is 0 Å². The van der Waals surface area contributed by atoms with Crippen LogP contribution in [-0.4, -0.2) is 34.2 Å². The first-order valence-electron chi connectivity index (χ1n) is 6.12. The van der Waals surface area contributed by atoms with Gasteiger partial charge in [-0.05, 0) is 32.3 Å². The van der Waals surface area contributed by atoms with Crippen molar-refractivity contribution in [3.05, 3.63) is 27.9 Å². The van der Waals surface area contributed by atoms with Crippen LogP contribution in [0.4, 0.5) is 11.5 Å². The number of hydrogen-bond donors (Lipinski definition) is 1. The average Bonchev–Trinajstić information content (AvgIpc) is 2.38. The maximum Gasteiger partial charge on any atom is 0.314 e. The third kappa shape index (κ3) is 2.28. The van der Waals surface area contributed by atoms with Crippen molar-refractivity contribution >= 4 is 11.5 Å². The highest BCUT2D eigenvalue weighted by Gasteiger charge is 2.29. The number of nitro groups is 1. The molecule has 6 heteroatoms. The molecule has 2 rings (SSSR count). The second kappa shape index (κ2) is 5.30. The lowest BCUT2D eigenvalue weighted by Gasteiger charge is -2.35. The van der Waals surface area contributed by atoms with E-state index in [1.54, 1.807) is 19.2 Å². The molecule has 6 nitrogen and oxygen atoms in total. The molecule has 1 saturated heterocycles. The highest BCUT2D eigenvalue weighted by Crippen LogP contribution is 2.32. The van der Waals surface area contributed by atoms with Gasteiger partial charge in [-0.15, -0.1) is 0 Å². The molecule has 0 spiro atoms. The van der Waals surface area contributed by atoms with Gasteiger partial charge in [0.25, 0.3) is 0 Å². The maximum atomic E-state index is 11.2. The third-order valence-electron chi connectivity index (χ3n) is 3.40. The fraction of sp³-hybridized carbons (Fsp3) is 0.583. The zero-order valence-corrected chi connectivity index (χ0v) is 10.4. The van der Waals surface area contributed by atoms with E-state index in [1.807, 2.05) is 4.90 Å². The fourth-order valence-electron chi connectivity index (χ4n) is 2.44. The first-order valence-corrected chi connectivity index (χ1v) is 6.12. The van der Waals surface area contributed by atoms with E-state index in [4.69, 9.17) is 0 Å². The molecule has 1 fully saturated rings. The van der Waals surface area contributed by atoms with Crippen molar-refractivity contribution in [1.82, 2.24) is 4.98 Å². The molecule has 2 heterocycles. The van der Waals surface area contributed by atoms with Crippen molar-refractivity contribution in [1.29, 1.82) is 0 Å². The van der Waals surface area contributed by atoms with Crippen LogP contribution in [0.1, 0.15) is 24.8 Å². The Morgan fingerprint density at radius 1 is 1.61 bits per heavy atom. The molecule has 1 aromatic rings. The predicted octanol–water partition coefficient (Wildman–Crippen LogP) is 1.65. The van der Waals surface area contributed by atoms with Crippen LogP contribution in [0, 0.1) is 17.0 Å². The number of hydrogen-bond acceptors (Lipinski definition) is 5. The van der Waals surface area contributed by atoms with Gasteiger partial charge in [-0.2, -0.15) is 0 Å². The summed E-state index contributed by atoms with van der Waals surface area (Å²) in [4.78, 5) is 16.8. The van der Waals surface area contributed by atoms with Crippen LogP contribution in [0.5, 0.6) is 0 Å². The van der Waals surface area contributed by atoms with Crippen molar-refractivity contribution in [2.45, 2.75) is 32.2 Å². The Balaban J connectivity index is 2.42. The number of aryl methyl sites for hydroxylation is 1. The van der Waals surface area contributed by atoms with Crippen molar-refractivity contribution in [2.24, 2.45) is 0 Å². The third-order valence-corrected chi connectivity index (χ3v) is 3.40. The summed E-state index contributed by atoms with van der Waals surface area (Å²) in [6.07, 6.45) is 4.45. The molecule has 1 atom stereocenters. The van der Waals surface area contributed by atoms with E-state index in [1.165, 1.54) is 0 Å². The Labute approximate surface area is 105 Å². The normalized spacial score (nSPS) is 19.9. The molecular formula is C12H17N3O3. The minimum Gasteiger partial charge on any atom is -0.394 e. The second-order valence-corrected chi connectivity index (χ2v) is 4.58. The standard InChI is InChI=1S/C12H17N3O3/c1-9-5-6-13-12(11(9)15(17)18)14-7-3-2-4-10(14)8-16/h5-6,10,16H,2-4,7-8H2,1H3. The van der Waals surface area contributed by atoms with Crippen LogP contribution in [0.15, 0.2) is 12.3 Å². The summed E-state index contributed by atoms with van der Waals surface area (Å²) in [7, 11) is 0. The second-order valence-electron chi connectivity index (χ2n) is 4.58. The largest absolute Gasteiger partial charge is 0.394 e. The van der Waals surface area contributed by atoms with Gasteiger partial charge < -0.3 is 10.0 Å². The zero-order chi connectivity index (χ0) is 13.1. The smallest absolute Gasteiger partial charge is 0.314 e. The predicted molar refractivity (Wildman–Crippen MR) is 67.7 cm³/mol. The average molecular weight is 251 g/mol. The van der Waals surface area contributed by atoms with Crippen molar-refractivity contribution < 1.29 is 10.0 Å². The fourth-order valence-corrected chi connectivity index (χ4v) is 2.44. The summed E-state index contributed by atoms with van der Waals surface area (Å²) in [5.41, 5.74) is 0.658. The molecule has 1 aliphatic rings. The topological polar surface area (TPSA) is 79.5 Å². The molecule has 0 radical (unpaired) electrons. The van der Waals surface area contributed by atoms with Crippen LogP contribution in [0.2, 0.25) is 0 Å². The summed E-state index contributed by atoms with van der Waals surface area (Å²) in [5.74, 6) is 0.388. The van der Waals surface area contributed by atoms with Crippen molar-refractivity contribution in [3.63, 3.8) is 0 Å². The molecule has 18 heavy (non-hydrogen) atoms. The summed E-state index contributed by atoms with van der Waals surface area (Å²) >= 11 is 0. The molecule has 0 saturated carbocycles. The monoisotopic (exact) mass is 251 g/mol. The van der Waals surface area contributed by atoms with E-state index >= 15 is 0 Å². The lowest BCUT2D eigenvalue weighted by Crippen LogP contribution is -2.42. The first kappa shape index (κ1) is 12.8. The van der Waals surface area contributed by atoms with Crippen LogP contribution in [-0.2, 0) is 0 Å². The van der Waals surface area contributed by atoms with Gasteiger partial charge in [0.2, 0.25) is 5.82 Å². The molecule has 1 unspecified atom stereocenters. The number of anilines is 1. The lowest BCUT2D eigenvalue weighted by atomic mass is 10.0. The van der Waals surface area contributed by atoms with Crippen LogP contribution < -0.4 is 4.90 Å². The number of piperidine rings is 1. The summed E-state index contributed by atoms with van der Waals surface area (Å²) in [6.45, 7) is 2.43. The van der Waals surface area contributed by atoms with Gasteiger partial charge in [0, 0.05) is 18.3 Å². The van der Waals surface area contributed by atoms with Gasteiger partial charge in [0.1, 0.15) is 0 Å². The van der Waals surface area contributed by atoms with E-state index in [-0.39, 0.29) is 23.3 Å². The van der Waals surface area contributed by atoms with Gasteiger partial charge in [-0.1, -0.05) is 0 Å². The number of rotatable bonds is 3. The molecule has 1 N–H and O–H groups in total. The van der Waals surface area contributed by atoms with E-state index in [0.29, 0.717) is 17.9 Å². The lowest BCUT2D eigenvalue weighted by molar-refractivity contribution is -0.385. The van der Waals surface area contributed by atoms with Gasteiger partial charge >= 0.3 is 5.69 Å². The molecular weight excluding hydrogens is 234 g/mol. The minimum absolute atomic E-state index is 0.00672. The number of aliphatic hydroxyl groups is 1. The number of nitrogens with zero attached hydrogens (tertiary/aromatic N) is 3. The van der Waals surface area contributed by atoms with Crippen molar-refractivity contribution in [2.75, 3.05) is 18.1 Å². The summed E-state index contributed by atoms with van der Waals surface area (Å²) in [6, 6.07) is 1.58. The molecule has 1 aliphatic heterocycles. The van der Waals surface area contributed by atoms with E-state index in [0.717, 1.165) is 19.3 Å². The number of aliphatic hydroxyl groups excluding tert-OH is 1. The van der Waals surface area contributed by atoms with Gasteiger partial charge in [-0.3, -0.25) is 10.1 Å². The molecule has 1 aromatic heterocycles. The Bertz CT molecular complexity index is 450. The minimum atomic E-state index is -0.388. The Kier molecular flexibility index (Phi) is 3.76. The van der Waals surface area contributed by atoms with Crippen molar-refractivity contribution in [3.8, 4) is 0 Å². The van der Waals surface area contributed by atoms with E-state index in [2.05, 4.69) is 4.98 Å². The van der Waals surface area contributed by atoms with E-state index < -0.39 is 0 Å². The number of pyridine rings is 1. The Hall–Kier alpha value is -1.69. The SMILES string of the molecule is Cc1ccnc(N2CCCCC2CO)c1[N+](=O)[O-].